The van der Waals surface area contributed by atoms with Crippen molar-refractivity contribution in [3.63, 3.8) is 0 Å². The zero-order chi connectivity index (χ0) is 9.10. The third kappa shape index (κ3) is 1.90. The van der Waals surface area contributed by atoms with Gasteiger partial charge in [0.15, 0.2) is 0 Å². The highest BCUT2D eigenvalue weighted by Crippen LogP contribution is 2.31. The first-order valence-electron chi connectivity index (χ1n) is 4.80. The van der Waals surface area contributed by atoms with Crippen LogP contribution in [0, 0.1) is 0 Å². The molecule has 2 rings (SSSR count). The van der Waals surface area contributed by atoms with Crippen molar-refractivity contribution in [1.29, 1.82) is 0 Å². The molecule has 2 N–H and O–H groups in total. The summed E-state index contributed by atoms with van der Waals surface area (Å²) in [6.07, 6.45) is 2.74. The fourth-order valence-electron chi connectivity index (χ4n) is 1.79. The summed E-state index contributed by atoms with van der Waals surface area (Å²) in [6.45, 7) is 0.642. The van der Waals surface area contributed by atoms with E-state index in [0.29, 0.717) is 6.54 Å². The van der Waals surface area contributed by atoms with Crippen LogP contribution in [-0.2, 0) is 4.74 Å². The molecule has 0 amide bonds. The summed E-state index contributed by atoms with van der Waals surface area (Å²) in [5.41, 5.74) is 6.83. The fourth-order valence-corrected chi connectivity index (χ4v) is 1.79. The molecule has 2 heteroatoms. The van der Waals surface area contributed by atoms with Gasteiger partial charge < -0.3 is 10.5 Å². The molecule has 0 saturated carbocycles. The van der Waals surface area contributed by atoms with E-state index < -0.39 is 0 Å². The molecule has 0 unspecified atom stereocenters. The Labute approximate surface area is 78.7 Å². The molecule has 2 atom stereocenters. The highest BCUT2D eigenvalue weighted by molar-refractivity contribution is 5.18. The molecule has 0 spiro atoms. The number of benzene rings is 1. The molecule has 1 aliphatic rings. The second-order valence-corrected chi connectivity index (χ2v) is 3.47. The molecular weight excluding hydrogens is 162 g/mol. The lowest BCUT2D eigenvalue weighted by atomic mass is 10.1. The maximum absolute atomic E-state index is 5.77. The first kappa shape index (κ1) is 8.73. The lowest BCUT2D eigenvalue weighted by Crippen LogP contribution is -2.18. The number of hydrogen-bond donors (Lipinski definition) is 1. The van der Waals surface area contributed by atoms with Gasteiger partial charge in [-0.15, -0.1) is 0 Å². The summed E-state index contributed by atoms with van der Waals surface area (Å²) < 4.78 is 5.77. The number of rotatable bonds is 2. The van der Waals surface area contributed by atoms with Crippen LogP contribution in [0.1, 0.15) is 24.5 Å². The van der Waals surface area contributed by atoms with Gasteiger partial charge in [-0.2, -0.15) is 0 Å². The van der Waals surface area contributed by atoms with Gasteiger partial charge in [-0.1, -0.05) is 30.3 Å². The zero-order valence-corrected chi connectivity index (χ0v) is 7.65. The van der Waals surface area contributed by atoms with Crippen molar-refractivity contribution < 1.29 is 4.74 Å². The first-order valence-corrected chi connectivity index (χ1v) is 4.80. The molecule has 1 aromatic rings. The van der Waals surface area contributed by atoms with Crippen molar-refractivity contribution >= 4 is 0 Å². The molecule has 1 heterocycles. The number of nitrogens with two attached hydrogens (primary N) is 1. The largest absolute Gasteiger partial charge is 0.369 e. The van der Waals surface area contributed by atoms with Gasteiger partial charge in [0.2, 0.25) is 0 Å². The van der Waals surface area contributed by atoms with E-state index in [9.17, 15) is 0 Å². The van der Waals surface area contributed by atoms with Crippen molar-refractivity contribution in [2.45, 2.75) is 25.0 Å². The average molecular weight is 177 g/mol. The summed E-state index contributed by atoms with van der Waals surface area (Å²) in [5, 5.41) is 0. The summed E-state index contributed by atoms with van der Waals surface area (Å²) >= 11 is 0. The molecular formula is C11H15NO. The second-order valence-electron chi connectivity index (χ2n) is 3.47. The minimum Gasteiger partial charge on any atom is -0.369 e. The summed E-state index contributed by atoms with van der Waals surface area (Å²) in [5.74, 6) is 0. The highest BCUT2D eigenvalue weighted by atomic mass is 16.5. The highest BCUT2D eigenvalue weighted by Gasteiger charge is 2.24. The van der Waals surface area contributed by atoms with Crippen molar-refractivity contribution in [3.8, 4) is 0 Å². The second kappa shape index (κ2) is 3.90. The van der Waals surface area contributed by atoms with E-state index >= 15 is 0 Å². The number of hydrogen-bond acceptors (Lipinski definition) is 2. The molecule has 0 aliphatic carbocycles. The Kier molecular flexibility index (Phi) is 2.62. The van der Waals surface area contributed by atoms with Gasteiger partial charge in [-0.25, -0.2) is 0 Å². The summed E-state index contributed by atoms with van der Waals surface area (Å²) in [7, 11) is 0. The smallest absolute Gasteiger partial charge is 0.0830 e. The Hall–Kier alpha value is -0.860. The van der Waals surface area contributed by atoms with Gasteiger partial charge in [-0.05, 0) is 18.4 Å². The van der Waals surface area contributed by atoms with Crippen molar-refractivity contribution in [2.75, 3.05) is 6.54 Å². The summed E-state index contributed by atoms with van der Waals surface area (Å²) in [6, 6.07) is 10.4. The van der Waals surface area contributed by atoms with Crippen LogP contribution in [-0.4, -0.2) is 12.6 Å². The van der Waals surface area contributed by atoms with Crippen LogP contribution in [0.15, 0.2) is 30.3 Å². The molecule has 1 fully saturated rings. The normalized spacial score (nSPS) is 27.8. The Morgan fingerprint density at radius 2 is 2.00 bits per heavy atom. The minimum absolute atomic E-state index is 0.269. The molecule has 1 aliphatic heterocycles. The molecule has 1 aromatic carbocycles. The van der Waals surface area contributed by atoms with E-state index in [0.717, 1.165) is 12.8 Å². The standard InChI is InChI=1S/C11H15NO/c12-8-10-6-7-11(13-10)9-4-2-1-3-5-9/h1-5,10-11H,6-8,12H2/t10-,11-/m0/s1. The first-order chi connectivity index (χ1) is 6.40. The zero-order valence-electron chi connectivity index (χ0n) is 7.65. The monoisotopic (exact) mass is 177 g/mol. The van der Waals surface area contributed by atoms with Crippen LogP contribution in [0.2, 0.25) is 0 Å². The van der Waals surface area contributed by atoms with Gasteiger partial charge in [-0.3, -0.25) is 0 Å². The SMILES string of the molecule is NC[C@@H]1CC[C@@H](c2ccccc2)O1. The molecule has 13 heavy (non-hydrogen) atoms. The van der Waals surface area contributed by atoms with Gasteiger partial charge in [0.1, 0.15) is 0 Å². The van der Waals surface area contributed by atoms with Crippen LogP contribution in [0.5, 0.6) is 0 Å². The molecule has 1 saturated heterocycles. The quantitative estimate of drug-likeness (QED) is 0.748. The Balaban J connectivity index is 2.04. The van der Waals surface area contributed by atoms with E-state index in [4.69, 9.17) is 10.5 Å². The Morgan fingerprint density at radius 3 is 2.62 bits per heavy atom. The van der Waals surface area contributed by atoms with Gasteiger partial charge in [0.05, 0.1) is 12.2 Å². The third-order valence-corrected chi connectivity index (χ3v) is 2.54. The van der Waals surface area contributed by atoms with Gasteiger partial charge in [0.25, 0.3) is 0 Å². The predicted molar refractivity (Wildman–Crippen MR) is 52.3 cm³/mol. The van der Waals surface area contributed by atoms with E-state index in [2.05, 4.69) is 24.3 Å². The van der Waals surface area contributed by atoms with Gasteiger partial charge in [0, 0.05) is 6.54 Å². The Morgan fingerprint density at radius 1 is 1.23 bits per heavy atom. The van der Waals surface area contributed by atoms with Crippen LogP contribution in [0.3, 0.4) is 0 Å². The van der Waals surface area contributed by atoms with Crippen LogP contribution in [0.25, 0.3) is 0 Å². The van der Waals surface area contributed by atoms with E-state index in [1.165, 1.54) is 5.56 Å². The maximum Gasteiger partial charge on any atom is 0.0830 e. The Bertz CT molecular complexity index is 260. The molecule has 2 nitrogen and oxygen atoms in total. The average Bonchev–Trinajstić information content (AvgIpc) is 2.67. The molecule has 70 valence electrons. The van der Waals surface area contributed by atoms with E-state index in [1.54, 1.807) is 0 Å². The van der Waals surface area contributed by atoms with Gasteiger partial charge >= 0.3 is 0 Å². The van der Waals surface area contributed by atoms with Crippen molar-refractivity contribution in [3.05, 3.63) is 35.9 Å². The lowest BCUT2D eigenvalue weighted by molar-refractivity contribution is 0.0498. The maximum atomic E-state index is 5.77. The molecule has 0 aromatic heterocycles. The summed E-state index contributed by atoms with van der Waals surface area (Å²) in [4.78, 5) is 0. The van der Waals surface area contributed by atoms with E-state index in [1.807, 2.05) is 6.07 Å². The van der Waals surface area contributed by atoms with Crippen LogP contribution in [0.4, 0.5) is 0 Å². The molecule has 0 radical (unpaired) electrons. The number of ether oxygens (including phenoxy) is 1. The van der Waals surface area contributed by atoms with Crippen LogP contribution < -0.4 is 5.73 Å². The third-order valence-electron chi connectivity index (χ3n) is 2.54. The van der Waals surface area contributed by atoms with Crippen molar-refractivity contribution in [1.82, 2.24) is 0 Å². The lowest BCUT2D eigenvalue weighted by Gasteiger charge is -2.12. The topological polar surface area (TPSA) is 35.2 Å². The molecule has 0 bridgehead atoms. The van der Waals surface area contributed by atoms with Crippen LogP contribution >= 0.6 is 0 Å². The predicted octanol–water partition coefficient (Wildman–Crippen LogP) is 1.87. The van der Waals surface area contributed by atoms with E-state index in [-0.39, 0.29) is 12.2 Å². The fraction of sp³-hybridized carbons (Fsp3) is 0.455. The minimum atomic E-state index is 0.269. The van der Waals surface area contributed by atoms with Crippen molar-refractivity contribution in [2.24, 2.45) is 5.73 Å².